The molecule has 0 aromatic carbocycles. The van der Waals surface area contributed by atoms with Crippen LogP contribution in [0.2, 0.25) is 0 Å². The first-order chi connectivity index (χ1) is 11.3. The quantitative estimate of drug-likeness (QED) is 0.294. The summed E-state index contributed by atoms with van der Waals surface area (Å²) >= 11 is 0. The Morgan fingerprint density at radius 2 is 1.17 bits per heavy atom. The van der Waals surface area contributed by atoms with Gasteiger partial charge < -0.3 is 5.11 Å². The molecule has 0 amide bonds. The van der Waals surface area contributed by atoms with Crippen molar-refractivity contribution in [1.29, 1.82) is 0 Å². The van der Waals surface area contributed by atoms with Crippen LogP contribution in [0.25, 0.3) is 0 Å². The molecule has 0 aromatic rings. The molecule has 1 atom stereocenters. The van der Waals surface area contributed by atoms with E-state index in [0.717, 1.165) is 19.3 Å². The second-order valence-corrected chi connectivity index (χ2v) is 6.43. The van der Waals surface area contributed by atoms with Crippen molar-refractivity contribution in [3.8, 4) is 0 Å². The zero-order valence-electron chi connectivity index (χ0n) is 14.7. The molecule has 0 heterocycles. The molecule has 24 heavy (non-hydrogen) atoms. The molecule has 0 saturated carbocycles. The van der Waals surface area contributed by atoms with Crippen LogP contribution in [0, 0.1) is 5.92 Å². The maximum Gasteiger partial charge on any atom is 0.450 e. The van der Waals surface area contributed by atoms with Gasteiger partial charge in [-0.05, 0) is 6.42 Å². The van der Waals surface area contributed by atoms with Crippen LogP contribution >= 0.6 is 0 Å². The first-order valence-corrected chi connectivity index (χ1v) is 9.14. The number of hydrogen-bond donors (Lipinski definition) is 1. The molecule has 3 nitrogen and oxygen atoms in total. The van der Waals surface area contributed by atoms with Crippen LogP contribution in [0.15, 0.2) is 0 Å². The van der Waals surface area contributed by atoms with Gasteiger partial charge in [0.05, 0.1) is 0 Å². The zero-order chi connectivity index (χ0) is 18.4. The minimum atomic E-state index is -5.07. The molecule has 0 bridgehead atoms. The summed E-state index contributed by atoms with van der Waals surface area (Å²) in [6, 6.07) is 0. The second kappa shape index (κ2) is 13.2. The standard InChI is InChI=1S/C18H31F3O3/c1-2-3-4-5-6-7-8-9-10-11-12-13-14-15(17(23)24)16(22)18(19,20)21/h15H,2-14H2,1H3,(H,23,24). The van der Waals surface area contributed by atoms with Crippen molar-refractivity contribution >= 4 is 11.8 Å². The highest BCUT2D eigenvalue weighted by Crippen LogP contribution is 2.25. The molecule has 0 fully saturated rings. The van der Waals surface area contributed by atoms with E-state index in [1.54, 1.807) is 0 Å². The number of carboxylic acids is 1. The fourth-order valence-corrected chi connectivity index (χ4v) is 2.75. The SMILES string of the molecule is CCCCCCCCCCCCCCC(C(=O)O)C(=O)C(F)(F)F. The van der Waals surface area contributed by atoms with Crippen LogP contribution in [0.1, 0.15) is 90.4 Å². The van der Waals surface area contributed by atoms with E-state index in [9.17, 15) is 22.8 Å². The fraction of sp³-hybridized carbons (Fsp3) is 0.889. The van der Waals surface area contributed by atoms with E-state index in [-0.39, 0.29) is 6.42 Å². The predicted octanol–water partition coefficient (Wildman–Crippen LogP) is 5.91. The average molecular weight is 352 g/mol. The van der Waals surface area contributed by atoms with Crippen LogP contribution in [0.5, 0.6) is 0 Å². The Bertz CT molecular complexity index is 354. The summed E-state index contributed by atoms with van der Waals surface area (Å²) in [5.41, 5.74) is 0. The molecular formula is C18H31F3O3. The Labute approximate surface area is 143 Å². The van der Waals surface area contributed by atoms with Gasteiger partial charge in [0.2, 0.25) is 5.78 Å². The van der Waals surface area contributed by atoms with Gasteiger partial charge in [0, 0.05) is 0 Å². The van der Waals surface area contributed by atoms with Gasteiger partial charge >= 0.3 is 12.1 Å². The van der Waals surface area contributed by atoms with E-state index in [0.29, 0.717) is 12.8 Å². The lowest BCUT2D eigenvalue weighted by atomic mass is 9.95. The van der Waals surface area contributed by atoms with Gasteiger partial charge in [-0.3, -0.25) is 9.59 Å². The summed E-state index contributed by atoms with van der Waals surface area (Å²) in [4.78, 5) is 21.8. The Morgan fingerprint density at radius 1 is 0.792 bits per heavy atom. The van der Waals surface area contributed by atoms with Gasteiger partial charge in [-0.25, -0.2) is 0 Å². The lowest BCUT2D eigenvalue weighted by molar-refractivity contribution is -0.180. The minimum Gasteiger partial charge on any atom is -0.481 e. The van der Waals surface area contributed by atoms with Gasteiger partial charge in [0.25, 0.3) is 0 Å². The van der Waals surface area contributed by atoms with Gasteiger partial charge in [0.1, 0.15) is 5.92 Å². The first-order valence-electron chi connectivity index (χ1n) is 9.14. The highest BCUT2D eigenvalue weighted by molar-refractivity contribution is 6.01. The molecule has 1 unspecified atom stereocenters. The Kier molecular flexibility index (Phi) is 12.7. The van der Waals surface area contributed by atoms with E-state index in [2.05, 4.69) is 6.92 Å². The first kappa shape index (κ1) is 22.9. The molecule has 0 aliphatic rings. The maximum atomic E-state index is 12.3. The number of carbonyl (C=O) groups excluding carboxylic acids is 1. The smallest absolute Gasteiger partial charge is 0.450 e. The molecule has 1 N–H and O–H groups in total. The third kappa shape index (κ3) is 11.5. The fourth-order valence-electron chi connectivity index (χ4n) is 2.75. The van der Waals surface area contributed by atoms with Crippen LogP contribution < -0.4 is 0 Å². The normalized spacial score (nSPS) is 13.0. The Hall–Kier alpha value is -1.07. The molecule has 0 aliphatic heterocycles. The third-order valence-corrected chi connectivity index (χ3v) is 4.24. The summed E-state index contributed by atoms with van der Waals surface area (Å²) in [5, 5.41) is 8.76. The zero-order valence-corrected chi connectivity index (χ0v) is 14.7. The summed E-state index contributed by atoms with van der Waals surface area (Å²) in [5.74, 6) is -5.77. The molecule has 0 saturated heterocycles. The Balaban J connectivity index is 3.63. The number of hydrogen-bond acceptors (Lipinski definition) is 2. The van der Waals surface area contributed by atoms with Gasteiger partial charge in [0.15, 0.2) is 0 Å². The number of Topliss-reactive ketones (excluding diaryl/α,β-unsaturated/α-hetero) is 1. The van der Waals surface area contributed by atoms with E-state index in [4.69, 9.17) is 5.11 Å². The summed E-state index contributed by atoms with van der Waals surface area (Å²) in [7, 11) is 0. The maximum absolute atomic E-state index is 12.3. The largest absolute Gasteiger partial charge is 0.481 e. The number of rotatable bonds is 15. The monoisotopic (exact) mass is 352 g/mol. The number of carbonyl (C=O) groups is 2. The molecular weight excluding hydrogens is 321 g/mol. The van der Waals surface area contributed by atoms with Crippen molar-refractivity contribution in [2.24, 2.45) is 5.92 Å². The molecule has 0 rings (SSSR count). The van der Waals surface area contributed by atoms with Gasteiger partial charge in [-0.2, -0.15) is 13.2 Å². The number of ketones is 1. The third-order valence-electron chi connectivity index (χ3n) is 4.24. The van der Waals surface area contributed by atoms with Crippen molar-refractivity contribution in [2.75, 3.05) is 0 Å². The van der Waals surface area contributed by atoms with Gasteiger partial charge in [-0.1, -0.05) is 84.0 Å². The molecule has 0 aliphatic carbocycles. The lowest BCUT2D eigenvalue weighted by Crippen LogP contribution is -2.35. The number of unbranched alkanes of at least 4 members (excludes halogenated alkanes) is 11. The lowest BCUT2D eigenvalue weighted by Gasteiger charge is -2.13. The molecule has 142 valence electrons. The van der Waals surface area contributed by atoms with Gasteiger partial charge in [-0.15, -0.1) is 0 Å². The molecule has 0 spiro atoms. The van der Waals surface area contributed by atoms with Crippen molar-refractivity contribution in [1.82, 2.24) is 0 Å². The van der Waals surface area contributed by atoms with Crippen LogP contribution in [-0.2, 0) is 9.59 Å². The van der Waals surface area contributed by atoms with Crippen molar-refractivity contribution < 1.29 is 27.9 Å². The number of aliphatic carboxylic acids is 1. The minimum absolute atomic E-state index is 0.231. The van der Waals surface area contributed by atoms with Crippen molar-refractivity contribution in [3.63, 3.8) is 0 Å². The average Bonchev–Trinajstić information content (AvgIpc) is 2.50. The summed E-state index contributed by atoms with van der Waals surface area (Å²) in [6.45, 7) is 2.19. The number of halogens is 3. The number of alkyl halides is 3. The topological polar surface area (TPSA) is 54.4 Å². The van der Waals surface area contributed by atoms with Crippen molar-refractivity contribution in [2.45, 2.75) is 96.6 Å². The number of carboxylic acid groups (broad SMARTS) is 1. The highest BCUT2D eigenvalue weighted by atomic mass is 19.4. The highest BCUT2D eigenvalue weighted by Gasteiger charge is 2.45. The van der Waals surface area contributed by atoms with Crippen LogP contribution in [0.3, 0.4) is 0 Å². The van der Waals surface area contributed by atoms with E-state index >= 15 is 0 Å². The molecule has 0 aromatic heterocycles. The Morgan fingerprint density at radius 3 is 1.50 bits per heavy atom. The second-order valence-electron chi connectivity index (χ2n) is 6.43. The summed E-state index contributed by atoms with van der Waals surface area (Å²) < 4.78 is 36.9. The van der Waals surface area contributed by atoms with Crippen LogP contribution in [0.4, 0.5) is 13.2 Å². The molecule has 6 heteroatoms. The van der Waals surface area contributed by atoms with E-state index in [1.807, 2.05) is 0 Å². The van der Waals surface area contributed by atoms with E-state index in [1.165, 1.54) is 44.9 Å². The predicted molar refractivity (Wildman–Crippen MR) is 87.9 cm³/mol. The van der Waals surface area contributed by atoms with Crippen LogP contribution in [-0.4, -0.2) is 23.0 Å². The molecule has 0 radical (unpaired) electrons. The van der Waals surface area contributed by atoms with Crippen molar-refractivity contribution in [3.05, 3.63) is 0 Å². The van der Waals surface area contributed by atoms with E-state index < -0.39 is 23.8 Å². The summed E-state index contributed by atoms with van der Waals surface area (Å²) in [6.07, 6.45) is 7.52.